The summed E-state index contributed by atoms with van der Waals surface area (Å²) in [5.41, 5.74) is 2.93. The van der Waals surface area contributed by atoms with Gasteiger partial charge < -0.3 is 9.14 Å². The van der Waals surface area contributed by atoms with Gasteiger partial charge in [0.25, 0.3) is 0 Å². The van der Waals surface area contributed by atoms with Gasteiger partial charge in [-0.05, 0) is 22.9 Å². The fourth-order valence-electron chi connectivity index (χ4n) is 2.73. The predicted molar refractivity (Wildman–Crippen MR) is 84.7 cm³/mol. The van der Waals surface area contributed by atoms with Crippen LogP contribution in [0.25, 0.3) is 27.7 Å². The van der Waals surface area contributed by atoms with Gasteiger partial charge in [0, 0.05) is 18.0 Å². The molecule has 0 amide bonds. The van der Waals surface area contributed by atoms with Gasteiger partial charge in [-0.3, -0.25) is 0 Å². The van der Waals surface area contributed by atoms with Gasteiger partial charge in [-0.1, -0.05) is 42.5 Å². The molecule has 2 heterocycles. The van der Waals surface area contributed by atoms with E-state index in [2.05, 4.69) is 42.5 Å². The van der Waals surface area contributed by atoms with Gasteiger partial charge in [-0.15, -0.1) is 0 Å². The van der Waals surface area contributed by atoms with Crippen LogP contribution in [-0.4, -0.2) is 16.5 Å². The normalized spacial score (nSPS) is 11.1. The highest BCUT2D eigenvalue weighted by molar-refractivity contribution is 5.96. The first-order valence-electron chi connectivity index (χ1n) is 6.86. The number of hydrogen-bond donors (Lipinski definition) is 0. The Kier molecular flexibility index (Phi) is 2.64. The number of pyridine rings is 1. The highest BCUT2D eigenvalue weighted by Crippen LogP contribution is 2.29. The van der Waals surface area contributed by atoms with Crippen LogP contribution in [0.15, 0.2) is 67.0 Å². The van der Waals surface area contributed by atoms with Crippen molar-refractivity contribution in [2.75, 3.05) is 7.11 Å². The second kappa shape index (κ2) is 4.63. The molecule has 0 N–H and O–H groups in total. The molecule has 102 valence electrons. The minimum atomic E-state index is 0.781. The Morgan fingerprint density at radius 3 is 2.71 bits per heavy atom. The van der Waals surface area contributed by atoms with Crippen LogP contribution in [0.5, 0.6) is 5.75 Å². The van der Waals surface area contributed by atoms with Crippen molar-refractivity contribution in [3.05, 3.63) is 67.0 Å². The molecule has 4 aromatic rings. The molecule has 0 saturated heterocycles. The molecule has 0 aliphatic carbocycles. The molecule has 2 aromatic heterocycles. The zero-order valence-electron chi connectivity index (χ0n) is 11.7. The van der Waals surface area contributed by atoms with E-state index in [9.17, 15) is 0 Å². The minimum Gasteiger partial charge on any atom is -0.493 e. The van der Waals surface area contributed by atoms with Crippen LogP contribution in [0.4, 0.5) is 0 Å². The monoisotopic (exact) mass is 274 g/mol. The van der Waals surface area contributed by atoms with Gasteiger partial charge in [-0.25, -0.2) is 4.98 Å². The molecular weight excluding hydrogens is 260 g/mol. The van der Waals surface area contributed by atoms with Gasteiger partial charge >= 0.3 is 0 Å². The largest absolute Gasteiger partial charge is 0.493 e. The number of hydrogen-bond acceptors (Lipinski definition) is 2. The molecule has 0 aliphatic rings. The number of nitrogens with zero attached hydrogens (tertiary/aromatic N) is 2. The van der Waals surface area contributed by atoms with E-state index >= 15 is 0 Å². The zero-order valence-corrected chi connectivity index (χ0v) is 11.7. The SMILES string of the molecule is COc1cccn2cc(-c3cccc4ccccc34)nc12. The first-order chi connectivity index (χ1) is 10.4. The van der Waals surface area contributed by atoms with E-state index in [1.807, 2.05) is 28.9 Å². The molecule has 3 heteroatoms. The number of imidazole rings is 1. The van der Waals surface area contributed by atoms with Crippen LogP contribution >= 0.6 is 0 Å². The zero-order chi connectivity index (χ0) is 14.2. The van der Waals surface area contributed by atoms with Gasteiger partial charge in [0.15, 0.2) is 11.4 Å². The summed E-state index contributed by atoms with van der Waals surface area (Å²) in [7, 11) is 1.67. The fraction of sp³-hybridized carbons (Fsp3) is 0.0556. The third kappa shape index (κ3) is 1.86. The number of aromatic nitrogens is 2. The summed E-state index contributed by atoms with van der Waals surface area (Å²) >= 11 is 0. The van der Waals surface area contributed by atoms with Crippen LogP contribution in [0.3, 0.4) is 0 Å². The third-order valence-electron chi connectivity index (χ3n) is 3.73. The summed E-state index contributed by atoms with van der Waals surface area (Å²) in [6.07, 6.45) is 4.03. The Bertz CT molecular complexity index is 935. The standard InChI is InChI=1S/C18H14N2O/c1-21-17-10-5-11-20-12-16(19-18(17)20)15-9-4-7-13-6-2-3-8-14(13)15/h2-12H,1H3. The lowest BCUT2D eigenvalue weighted by Crippen LogP contribution is -1.88. The molecule has 0 bridgehead atoms. The van der Waals surface area contributed by atoms with Crippen molar-refractivity contribution in [1.82, 2.24) is 9.38 Å². The van der Waals surface area contributed by atoms with E-state index in [1.165, 1.54) is 10.8 Å². The summed E-state index contributed by atoms with van der Waals surface area (Å²) in [6, 6.07) is 18.5. The van der Waals surface area contributed by atoms with Crippen LogP contribution in [0, 0.1) is 0 Å². The van der Waals surface area contributed by atoms with E-state index in [4.69, 9.17) is 9.72 Å². The van der Waals surface area contributed by atoms with Crippen molar-refractivity contribution in [2.24, 2.45) is 0 Å². The Hall–Kier alpha value is -2.81. The van der Waals surface area contributed by atoms with Gasteiger partial charge in [-0.2, -0.15) is 0 Å². The lowest BCUT2D eigenvalue weighted by atomic mass is 10.0. The first kappa shape index (κ1) is 12.0. The minimum absolute atomic E-state index is 0.781. The van der Waals surface area contributed by atoms with Crippen molar-refractivity contribution in [2.45, 2.75) is 0 Å². The quantitative estimate of drug-likeness (QED) is 0.548. The van der Waals surface area contributed by atoms with Crippen molar-refractivity contribution in [1.29, 1.82) is 0 Å². The smallest absolute Gasteiger partial charge is 0.180 e. The molecule has 0 aliphatic heterocycles. The molecule has 4 rings (SSSR count). The number of ether oxygens (including phenoxy) is 1. The lowest BCUT2D eigenvalue weighted by Gasteiger charge is -2.03. The molecule has 3 nitrogen and oxygen atoms in total. The summed E-state index contributed by atoms with van der Waals surface area (Å²) in [5, 5.41) is 2.43. The van der Waals surface area contributed by atoms with Crippen molar-refractivity contribution in [3.63, 3.8) is 0 Å². The molecule has 0 spiro atoms. The van der Waals surface area contributed by atoms with Gasteiger partial charge in [0.2, 0.25) is 0 Å². The van der Waals surface area contributed by atoms with Crippen LogP contribution < -0.4 is 4.74 Å². The molecular formula is C18H14N2O. The first-order valence-corrected chi connectivity index (χ1v) is 6.86. The van der Waals surface area contributed by atoms with Crippen molar-refractivity contribution < 1.29 is 4.74 Å². The van der Waals surface area contributed by atoms with Crippen molar-refractivity contribution in [3.8, 4) is 17.0 Å². The maximum absolute atomic E-state index is 5.38. The average molecular weight is 274 g/mol. The lowest BCUT2D eigenvalue weighted by molar-refractivity contribution is 0.417. The summed E-state index contributed by atoms with van der Waals surface area (Å²) in [5.74, 6) is 0.781. The van der Waals surface area contributed by atoms with Crippen LogP contribution in [-0.2, 0) is 0 Å². The molecule has 0 fully saturated rings. The van der Waals surface area contributed by atoms with E-state index in [0.717, 1.165) is 22.7 Å². The second-order valence-electron chi connectivity index (χ2n) is 4.96. The van der Waals surface area contributed by atoms with Crippen molar-refractivity contribution >= 4 is 16.4 Å². The Balaban J connectivity index is 2.01. The molecule has 0 atom stereocenters. The summed E-state index contributed by atoms with van der Waals surface area (Å²) < 4.78 is 7.38. The van der Waals surface area contributed by atoms with Crippen LogP contribution in [0.2, 0.25) is 0 Å². The maximum Gasteiger partial charge on any atom is 0.180 e. The number of benzene rings is 2. The van der Waals surface area contributed by atoms with Crippen LogP contribution in [0.1, 0.15) is 0 Å². The Morgan fingerprint density at radius 1 is 0.952 bits per heavy atom. The number of fused-ring (bicyclic) bond motifs is 2. The number of methoxy groups -OCH3 is 1. The molecule has 0 unspecified atom stereocenters. The molecule has 21 heavy (non-hydrogen) atoms. The highest BCUT2D eigenvalue weighted by atomic mass is 16.5. The van der Waals surface area contributed by atoms with Gasteiger partial charge in [0.1, 0.15) is 0 Å². The molecule has 0 radical (unpaired) electrons. The van der Waals surface area contributed by atoms with Gasteiger partial charge in [0.05, 0.1) is 12.8 Å². The number of rotatable bonds is 2. The highest BCUT2D eigenvalue weighted by Gasteiger charge is 2.10. The second-order valence-corrected chi connectivity index (χ2v) is 4.96. The molecule has 2 aromatic carbocycles. The Labute approximate surface area is 122 Å². The summed E-state index contributed by atoms with van der Waals surface area (Å²) in [4.78, 5) is 4.74. The fourth-order valence-corrected chi connectivity index (χ4v) is 2.73. The maximum atomic E-state index is 5.38. The summed E-state index contributed by atoms with van der Waals surface area (Å²) in [6.45, 7) is 0. The Morgan fingerprint density at radius 2 is 1.81 bits per heavy atom. The topological polar surface area (TPSA) is 26.5 Å². The van der Waals surface area contributed by atoms with E-state index in [1.54, 1.807) is 7.11 Å². The third-order valence-corrected chi connectivity index (χ3v) is 3.73. The average Bonchev–Trinajstić information content (AvgIpc) is 2.98. The molecule has 0 saturated carbocycles. The van der Waals surface area contributed by atoms with E-state index in [-0.39, 0.29) is 0 Å². The van der Waals surface area contributed by atoms with E-state index < -0.39 is 0 Å². The predicted octanol–water partition coefficient (Wildman–Crippen LogP) is 4.16. The van der Waals surface area contributed by atoms with E-state index in [0.29, 0.717) is 0 Å².